The Bertz CT molecular complexity index is 878. The number of fused-ring (bicyclic) bond motifs is 2. The Balaban J connectivity index is 2.36. The number of carbonyl (C=O) groups excluding carboxylic acids is 2. The average molecular weight is 318 g/mol. The van der Waals surface area contributed by atoms with Crippen molar-refractivity contribution >= 4 is 27.7 Å². The van der Waals surface area contributed by atoms with Crippen LogP contribution in [0, 0.1) is 0 Å². The highest BCUT2D eigenvalue weighted by atomic mass is 32.3. The molecule has 3 rings (SSSR count). The summed E-state index contributed by atoms with van der Waals surface area (Å²) in [7, 11) is -4.34. The zero-order valence-electron chi connectivity index (χ0n) is 11.1. The highest BCUT2D eigenvalue weighted by Crippen LogP contribution is 2.35. The van der Waals surface area contributed by atoms with E-state index in [9.17, 15) is 18.4 Å². The lowest BCUT2D eigenvalue weighted by molar-refractivity contribution is 0.0976. The van der Waals surface area contributed by atoms with Gasteiger partial charge in [-0.1, -0.05) is 18.2 Å². The summed E-state index contributed by atoms with van der Waals surface area (Å²) in [6.07, 6.45) is 0. The van der Waals surface area contributed by atoms with E-state index in [-0.39, 0.29) is 27.9 Å². The molecule has 1 aliphatic carbocycles. The smallest absolute Gasteiger partial charge is 0.398 e. The molecule has 0 heterocycles. The quantitative estimate of drug-likeness (QED) is 0.412. The number of nitrogen functional groups attached to an aromatic ring is 1. The Kier molecular flexibility index (Phi) is 3.18. The third-order valence-corrected chi connectivity index (χ3v) is 4.59. The molecule has 4 N–H and O–H groups in total. The van der Waals surface area contributed by atoms with Gasteiger partial charge in [-0.25, -0.2) is 0 Å². The maximum atomic E-state index is 12.6. The number of rotatable bonds is 2. The van der Waals surface area contributed by atoms with E-state index in [0.717, 1.165) is 6.07 Å². The van der Waals surface area contributed by atoms with Gasteiger partial charge in [-0.2, -0.15) is 5.90 Å². The lowest BCUT2D eigenvalue weighted by Crippen LogP contribution is -2.27. The van der Waals surface area contributed by atoms with Crippen LogP contribution in [0.5, 0.6) is 0 Å². The van der Waals surface area contributed by atoms with Gasteiger partial charge in [0.25, 0.3) is 0 Å². The van der Waals surface area contributed by atoms with Gasteiger partial charge in [0, 0.05) is 22.9 Å². The second-order valence-electron chi connectivity index (χ2n) is 4.66. The molecule has 0 amide bonds. The van der Waals surface area contributed by atoms with Gasteiger partial charge in [0.15, 0.2) is 11.6 Å². The summed E-state index contributed by atoms with van der Waals surface area (Å²) in [5.74, 6) is 3.63. The molecule has 1 atom stereocenters. The molecule has 1 radical (unpaired) electrons. The van der Waals surface area contributed by atoms with Crippen molar-refractivity contribution in [1.29, 1.82) is 0 Å². The summed E-state index contributed by atoms with van der Waals surface area (Å²) in [4.78, 5) is 24.7. The molecule has 2 aromatic carbocycles. The predicted octanol–water partition coefficient (Wildman–Crippen LogP) is 1.05. The molecule has 1 aliphatic rings. The lowest BCUT2D eigenvalue weighted by atomic mass is 9.83. The van der Waals surface area contributed by atoms with Crippen LogP contribution in [0.1, 0.15) is 31.8 Å². The van der Waals surface area contributed by atoms with E-state index in [1.54, 1.807) is 0 Å². The van der Waals surface area contributed by atoms with Crippen molar-refractivity contribution in [2.75, 3.05) is 5.73 Å². The third kappa shape index (κ3) is 1.90. The molecule has 0 bridgehead atoms. The molecule has 8 heteroatoms. The SMILES string of the molecule is NO[S+]([O])(=O)c1cccc2c1C(=O)c1cccc(N)c1C2=O. The summed E-state index contributed by atoms with van der Waals surface area (Å²) in [6, 6.07) is 8.28. The third-order valence-electron chi connectivity index (χ3n) is 3.46. The van der Waals surface area contributed by atoms with Crippen LogP contribution in [0.3, 0.4) is 0 Å². The van der Waals surface area contributed by atoms with Crippen LogP contribution < -0.4 is 11.6 Å². The van der Waals surface area contributed by atoms with Crippen molar-refractivity contribution < 1.29 is 22.6 Å². The maximum absolute atomic E-state index is 12.6. The van der Waals surface area contributed by atoms with Crippen molar-refractivity contribution in [2.24, 2.45) is 5.90 Å². The number of benzene rings is 2. The fourth-order valence-corrected chi connectivity index (χ4v) is 3.30. The number of anilines is 1. The van der Waals surface area contributed by atoms with Crippen LogP contribution in [0.15, 0.2) is 41.3 Å². The number of hydrogen-bond acceptors (Lipinski definition) is 6. The molecule has 22 heavy (non-hydrogen) atoms. The molecule has 0 spiro atoms. The average Bonchev–Trinajstić information content (AvgIpc) is 2.51. The molecule has 0 saturated carbocycles. The molecule has 1 unspecified atom stereocenters. The first kappa shape index (κ1) is 14.5. The van der Waals surface area contributed by atoms with E-state index in [0.29, 0.717) is 0 Å². The molecule has 111 valence electrons. The molecule has 2 aromatic rings. The highest BCUT2D eigenvalue weighted by Gasteiger charge is 2.44. The van der Waals surface area contributed by atoms with E-state index in [1.165, 1.54) is 30.3 Å². The summed E-state index contributed by atoms with van der Waals surface area (Å²) in [5.41, 5.74) is 5.75. The molecule has 0 saturated heterocycles. The van der Waals surface area contributed by atoms with Crippen LogP contribution >= 0.6 is 0 Å². The zero-order chi connectivity index (χ0) is 16.1. The summed E-state index contributed by atoms with van der Waals surface area (Å²) in [5, 5.41) is 0. The van der Waals surface area contributed by atoms with Crippen molar-refractivity contribution in [3.05, 3.63) is 58.7 Å². The van der Waals surface area contributed by atoms with Gasteiger partial charge in [0.2, 0.25) is 4.90 Å². The highest BCUT2D eigenvalue weighted by molar-refractivity contribution is 7.93. The van der Waals surface area contributed by atoms with E-state index < -0.39 is 27.0 Å². The molecular formula is C14H10N2O5S+. The molecule has 0 aliphatic heterocycles. The van der Waals surface area contributed by atoms with Crippen LogP contribution in [0.4, 0.5) is 5.69 Å². The number of carbonyl (C=O) groups is 2. The second kappa shape index (κ2) is 4.82. The van der Waals surface area contributed by atoms with Crippen LogP contribution in [0.25, 0.3) is 0 Å². The first-order valence-corrected chi connectivity index (χ1v) is 7.53. The van der Waals surface area contributed by atoms with Gasteiger partial charge in [-0.3, -0.25) is 9.59 Å². The summed E-state index contributed by atoms with van der Waals surface area (Å²) < 4.78 is 27.7. The van der Waals surface area contributed by atoms with Gasteiger partial charge in [-0.05, 0) is 20.6 Å². The Labute approximate surface area is 126 Å². The van der Waals surface area contributed by atoms with E-state index in [1.807, 2.05) is 0 Å². The molecule has 7 nitrogen and oxygen atoms in total. The fraction of sp³-hybridized carbons (Fsp3) is 0. The zero-order valence-corrected chi connectivity index (χ0v) is 11.9. The Morgan fingerprint density at radius 3 is 2.09 bits per heavy atom. The Morgan fingerprint density at radius 2 is 1.45 bits per heavy atom. The van der Waals surface area contributed by atoms with Gasteiger partial charge in [0.05, 0.1) is 15.7 Å². The first-order valence-electron chi connectivity index (χ1n) is 6.12. The lowest BCUT2D eigenvalue weighted by Gasteiger charge is -2.19. The molecule has 0 aromatic heterocycles. The van der Waals surface area contributed by atoms with Crippen molar-refractivity contribution in [1.82, 2.24) is 0 Å². The van der Waals surface area contributed by atoms with Crippen LogP contribution in [0.2, 0.25) is 0 Å². The van der Waals surface area contributed by atoms with Gasteiger partial charge in [0.1, 0.15) is 0 Å². The fourth-order valence-electron chi connectivity index (χ4n) is 2.50. The number of hydrogen-bond donors (Lipinski definition) is 2. The minimum atomic E-state index is -4.34. The topological polar surface area (TPSA) is 132 Å². The van der Waals surface area contributed by atoms with E-state index in [4.69, 9.17) is 11.6 Å². The molecule has 0 fully saturated rings. The first-order chi connectivity index (χ1) is 10.4. The monoisotopic (exact) mass is 318 g/mol. The van der Waals surface area contributed by atoms with Gasteiger partial charge < -0.3 is 5.73 Å². The Hall–Kier alpha value is -2.39. The summed E-state index contributed by atoms with van der Waals surface area (Å²) >= 11 is 0. The maximum Gasteiger partial charge on any atom is 0.448 e. The second-order valence-corrected chi connectivity index (χ2v) is 6.20. The van der Waals surface area contributed by atoms with Gasteiger partial charge >= 0.3 is 10.5 Å². The largest absolute Gasteiger partial charge is 0.448 e. The van der Waals surface area contributed by atoms with Gasteiger partial charge in [-0.15, -0.1) is 0 Å². The van der Waals surface area contributed by atoms with Crippen LogP contribution in [-0.4, -0.2) is 11.6 Å². The van der Waals surface area contributed by atoms with E-state index >= 15 is 0 Å². The predicted molar refractivity (Wildman–Crippen MR) is 76.4 cm³/mol. The van der Waals surface area contributed by atoms with E-state index in [2.05, 4.69) is 4.28 Å². The minimum absolute atomic E-state index is 0.0477. The normalized spacial score (nSPS) is 15.9. The van der Waals surface area contributed by atoms with Crippen molar-refractivity contribution in [3.8, 4) is 0 Å². The number of ketones is 2. The van der Waals surface area contributed by atoms with Crippen molar-refractivity contribution in [3.63, 3.8) is 0 Å². The Morgan fingerprint density at radius 1 is 0.909 bits per heavy atom. The summed E-state index contributed by atoms with van der Waals surface area (Å²) in [6.45, 7) is 0. The minimum Gasteiger partial charge on any atom is -0.398 e. The standard InChI is InChI=1S/C14H10N2O5S/c15-9-5-1-3-7-11(9)13(17)8-4-2-6-10(12(8)14(7)18)22(19,20)21-16/h1-6H,15-16H2/q+1. The number of nitrogens with two attached hydrogens (primary N) is 2. The van der Waals surface area contributed by atoms with Crippen molar-refractivity contribution in [2.45, 2.75) is 4.90 Å². The van der Waals surface area contributed by atoms with Crippen LogP contribution in [-0.2, 0) is 23.5 Å². The molecular weight excluding hydrogens is 308 g/mol.